The molecule has 0 aromatic carbocycles. The Morgan fingerprint density at radius 2 is 1.50 bits per heavy atom. The van der Waals surface area contributed by atoms with Crippen LogP contribution in [0.1, 0.15) is 13.3 Å². The molecular formula is C3H8Cl3OTi. The van der Waals surface area contributed by atoms with Crippen molar-refractivity contribution in [2.45, 2.75) is 13.3 Å². The monoisotopic (exact) mass is 213 g/mol. The van der Waals surface area contributed by atoms with Gasteiger partial charge in [-0.3, -0.25) is 0 Å². The SMILES string of the molecule is CCCO.[Cl][Ti]([Cl])[Cl]. The zero-order valence-electron chi connectivity index (χ0n) is 4.50. The Kier molecular flexibility index (Phi) is 17.4. The molecule has 1 nitrogen and oxygen atoms in total. The Labute approximate surface area is 67.4 Å². The number of halogens is 3. The third-order valence-electron chi connectivity index (χ3n) is 0.224. The first-order chi connectivity index (χ1) is 3.65. The average Bonchev–Trinajstić information content (AvgIpc) is 1.65. The molecular weight excluding hydrogens is 206 g/mol. The summed E-state index contributed by atoms with van der Waals surface area (Å²) in [6.07, 6.45) is 0.875. The molecule has 0 aliphatic rings. The Morgan fingerprint density at radius 1 is 1.38 bits per heavy atom. The molecule has 0 bridgehead atoms. The summed E-state index contributed by atoms with van der Waals surface area (Å²) in [4.78, 5) is 0. The predicted molar refractivity (Wildman–Crippen MR) is 34.9 cm³/mol. The second-order valence-electron chi connectivity index (χ2n) is 0.938. The molecule has 0 unspecified atom stereocenters. The minimum atomic E-state index is -1.92. The molecule has 5 heteroatoms. The number of aliphatic hydroxyl groups is 1. The van der Waals surface area contributed by atoms with Gasteiger partial charge in [0.15, 0.2) is 0 Å². The van der Waals surface area contributed by atoms with Gasteiger partial charge in [0.1, 0.15) is 0 Å². The number of hydrogen-bond acceptors (Lipinski definition) is 1. The molecule has 0 heterocycles. The number of rotatable bonds is 1. The van der Waals surface area contributed by atoms with E-state index < -0.39 is 14.7 Å². The van der Waals surface area contributed by atoms with E-state index in [4.69, 9.17) is 33.0 Å². The maximum atomic E-state index is 7.88. The van der Waals surface area contributed by atoms with E-state index in [0.29, 0.717) is 6.61 Å². The predicted octanol–water partition coefficient (Wildman–Crippen LogP) is 2.45. The molecule has 1 N–H and O–H groups in total. The molecule has 0 atom stereocenters. The van der Waals surface area contributed by atoms with Gasteiger partial charge in [0.05, 0.1) is 0 Å². The summed E-state index contributed by atoms with van der Waals surface area (Å²) in [5.41, 5.74) is 0. The summed E-state index contributed by atoms with van der Waals surface area (Å²) >= 11 is -1.92. The van der Waals surface area contributed by atoms with Gasteiger partial charge in [0.2, 0.25) is 0 Å². The third kappa shape index (κ3) is 49.9. The first kappa shape index (κ1) is 12.2. The van der Waals surface area contributed by atoms with E-state index in [-0.39, 0.29) is 0 Å². The van der Waals surface area contributed by atoms with Gasteiger partial charge in [-0.15, -0.1) is 0 Å². The van der Waals surface area contributed by atoms with E-state index in [1.165, 1.54) is 0 Å². The quantitative estimate of drug-likeness (QED) is 0.665. The fourth-order valence-corrected chi connectivity index (χ4v) is 0. The van der Waals surface area contributed by atoms with E-state index in [1.54, 1.807) is 0 Å². The van der Waals surface area contributed by atoms with E-state index in [1.807, 2.05) is 6.92 Å². The second-order valence-corrected chi connectivity index (χ2v) is 8.68. The molecule has 0 rings (SSSR count). The first-order valence-corrected chi connectivity index (χ1v) is 8.54. The van der Waals surface area contributed by atoms with Crippen molar-refractivity contribution in [1.29, 1.82) is 0 Å². The fraction of sp³-hybridized carbons (Fsp3) is 1.00. The second kappa shape index (κ2) is 11.4. The van der Waals surface area contributed by atoms with Crippen LogP contribution in [0.25, 0.3) is 0 Å². The van der Waals surface area contributed by atoms with Crippen molar-refractivity contribution in [3.05, 3.63) is 0 Å². The van der Waals surface area contributed by atoms with Gasteiger partial charge in [-0.25, -0.2) is 0 Å². The van der Waals surface area contributed by atoms with Gasteiger partial charge < -0.3 is 5.11 Å². The van der Waals surface area contributed by atoms with Gasteiger partial charge in [-0.2, -0.15) is 0 Å². The molecule has 0 aromatic heterocycles. The maximum absolute atomic E-state index is 7.88. The van der Waals surface area contributed by atoms with Crippen LogP contribution in [0.15, 0.2) is 0 Å². The zero-order chi connectivity index (χ0) is 6.99. The zero-order valence-corrected chi connectivity index (χ0v) is 8.32. The van der Waals surface area contributed by atoms with Gasteiger partial charge in [0.25, 0.3) is 0 Å². The van der Waals surface area contributed by atoms with Gasteiger partial charge in [-0.1, -0.05) is 6.92 Å². The van der Waals surface area contributed by atoms with Crippen molar-refractivity contribution >= 4 is 27.9 Å². The van der Waals surface area contributed by atoms with Crippen molar-refractivity contribution < 1.29 is 19.8 Å². The first-order valence-electron chi connectivity index (χ1n) is 2.09. The summed E-state index contributed by atoms with van der Waals surface area (Å²) in [7, 11) is 14.9. The Morgan fingerprint density at radius 3 is 1.50 bits per heavy atom. The van der Waals surface area contributed by atoms with E-state index in [0.717, 1.165) is 6.42 Å². The summed E-state index contributed by atoms with van der Waals surface area (Å²) in [6.45, 7) is 2.25. The number of hydrogen-bond donors (Lipinski definition) is 1. The summed E-state index contributed by atoms with van der Waals surface area (Å²) in [5, 5.41) is 7.88. The molecule has 0 amide bonds. The van der Waals surface area contributed by atoms with Crippen molar-refractivity contribution in [1.82, 2.24) is 0 Å². The van der Waals surface area contributed by atoms with Crippen LogP contribution >= 0.6 is 27.9 Å². The summed E-state index contributed by atoms with van der Waals surface area (Å²) in [6, 6.07) is 0. The van der Waals surface area contributed by atoms with Crippen LogP contribution in [0.5, 0.6) is 0 Å². The Hall–Kier alpha value is 1.54. The third-order valence-corrected chi connectivity index (χ3v) is 0.224. The molecule has 0 fully saturated rings. The minimum absolute atomic E-state index is 0.319. The summed E-state index contributed by atoms with van der Waals surface area (Å²) in [5.74, 6) is 0. The van der Waals surface area contributed by atoms with Crippen molar-refractivity contribution in [2.75, 3.05) is 6.61 Å². The molecule has 0 aromatic rings. The van der Waals surface area contributed by atoms with E-state index in [9.17, 15) is 0 Å². The van der Waals surface area contributed by atoms with E-state index in [2.05, 4.69) is 0 Å². The fourth-order valence-electron chi connectivity index (χ4n) is 0. The molecule has 0 radical (unpaired) electrons. The van der Waals surface area contributed by atoms with Crippen LogP contribution in [0, 0.1) is 0 Å². The van der Waals surface area contributed by atoms with Gasteiger partial charge >= 0.3 is 42.6 Å². The van der Waals surface area contributed by atoms with Crippen molar-refractivity contribution in [2.24, 2.45) is 0 Å². The molecule has 0 spiro atoms. The Bertz CT molecular complexity index is 31.0. The van der Waals surface area contributed by atoms with Gasteiger partial charge in [-0.05, 0) is 6.42 Å². The average molecular weight is 214 g/mol. The van der Waals surface area contributed by atoms with Crippen LogP contribution < -0.4 is 0 Å². The van der Waals surface area contributed by atoms with Crippen molar-refractivity contribution in [3.8, 4) is 0 Å². The Balaban J connectivity index is 0. The van der Waals surface area contributed by atoms with Crippen LogP contribution in [-0.4, -0.2) is 11.7 Å². The summed E-state index contributed by atoms with van der Waals surface area (Å²) < 4.78 is 0. The number of aliphatic hydroxyl groups excluding tert-OH is 1. The normalized spacial score (nSPS) is 7.12. The van der Waals surface area contributed by atoms with Crippen LogP contribution in [0.3, 0.4) is 0 Å². The van der Waals surface area contributed by atoms with E-state index >= 15 is 0 Å². The van der Waals surface area contributed by atoms with Crippen LogP contribution in [0.4, 0.5) is 0 Å². The molecule has 0 saturated heterocycles. The van der Waals surface area contributed by atoms with Crippen LogP contribution in [-0.2, 0) is 14.7 Å². The van der Waals surface area contributed by atoms with Crippen molar-refractivity contribution in [3.63, 3.8) is 0 Å². The molecule has 0 saturated carbocycles. The molecule has 51 valence electrons. The topological polar surface area (TPSA) is 20.2 Å². The molecule has 0 aliphatic carbocycles. The van der Waals surface area contributed by atoms with Gasteiger partial charge in [0, 0.05) is 6.61 Å². The molecule has 8 heavy (non-hydrogen) atoms. The molecule has 0 aliphatic heterocycles. The van der Waals surface area contributed by atoms with Crippen LogP contribution in [0.2, 0.25) is 0 Å². The standard InChI is InChI=1S/C3H8O.3ClH.Ti/c1-2-3-4;;;;/h4H,2-3H2,1H3;3*1H;/q;;;;+3/p-3.